The van der Waals surface area contributed by atoms with Crippen LogP contribution in [-0.4, -0.2) is 12.4 Å². The molecule has 0 saturated carbocycles. The Bertz CT molecular complexity index is 372. The van der Waals surface area contributed by atoms with Gasteiger partial charge >= 0.3 is 0 Å². The molecule has 1 heterocycles. The average Bonchev–Trinajstić information content (AvgIpc) is 2.77. The number of aryl methyl sites for hydroxylation is 1. The molecule has 1 aliphatic heterocycles. The van der Waals surface area contributed by atoms with Crippen LogP contribution in [0.2, 0.25) is 0 Å². The van der Waals surface area contributed by atoms with Crippen LogP contribution in [-0.2, 0) is 16.1 Å². The van der Waals surface area contributed by atoms with Crippen LogP contribution in [0.25, 0.3) is 0 Å². The summed E-state index contributed by atoms with van der Waals surface area (Å²) in [5.41, 5.74) is 2.86. The standard InChI is InChI=1S/C11H11BrOS/c12-9-1-2-10-8(7-9)3-4-11(10)13-5-6-14-11/h1-2,7H,3-6H2. The molecule has 0 N–H and O–H groups in total. The number of thioether (sulfide) groups is 1. The van der Waals surface area contributed by atoms with E-state index in [9.17, 15) is 0 Å². The van der Waals surface area contributed by atoms with E-state index in [1.807, 2.05) is 11.8 Å². The van der Waals surface area contributed by atoms with Crippen molar-refractivity contribution in [3.8, 4) is 0 Å². The molecule has 2 aliphatic rings. The van der Waals surface area contributed by atoms with Crippen molar-refractivity contribution in [3.63, 3.8) is 0 Å². The van der Waals surface area contributed by atoms with Gasteiger partial charge in [0.1, 0.15) is 4.93 Å². The molecule has 1 aliphatic carbocycles. The third kappa shape index (κ3) is 1.26. The van der Waals surface area contributed by atoms with Crippen molar-refractivity contribution in [3.05, 3.63) is 33.8 Å². The number of benzene rings is 1. The van der Waals surface area contributed by atoms with E-state index in [2.05, 4.69) is 34.1 Å². The van der Waals surface area contributed by atoms with Gasteiger partial charge in [0, 0.05) is 10.2 Å². The molecule has 74 valence electrons. The second-order valence-corrected chi connectivity index (χ2v) is 6.02. The summed E-state index contributed by atoms with van der Waals surface area (Å²) in [5, 5.41) is 0. The molecular weight excluding hydrogens is 260 g/mol. The topological polar surface area (TPSA) is 9.23 Å². The number of ether oxygens (including phenoxy) is 1. The van der Waals surface area contributed by atoms with Gasteiger partial charge in [-0.25, -0.2) is 0 Å². The predicted octanol–water partition coefficient (Wildman–Crippen LogP) is 3.31. The molecule has 3 heteroatoms. The minimum atomic E-state index is 0.00995. The molecule has 0 radical (unpaired) electrons. The zero-order valence-electron chi connectivity index (χ0n) is 7.75. The number of hydrogen-bond donors (Lipinski definition) is 0. The Kier molecular flexibility index (Phi) is 2.15. The Labute approximate surface area is 96.3 Å². The maximum absolute atomic E-state index is 5.92. The van der Waals surface area contributed by atoms with Gasteiger partial charge in [0.05, 0.1) is 6.61 Å². The molecule has 14 heavy (non-hydrogen) atoms. The molecule has 1 aromatic carbocycles. The van der Waals surface area contributed by atoms with Crippen LogP contribution in [0.15, 0.2) is 22.7 Å². The zero-order valence-corrected chi connectivity index (χ0v) is 10.2. The Morgan fingerprint density at radius 1 is 1.43 bits per heavy atom. The first-order valence-electron chi connectivity index (χ1n) is 4.87. The van der Waals surface area contributed by atoms with Gasteiger partial charge in [-0.2, -0.15) is 0 Å². The van der Waals surface area contributed by atoms with E-state index >= 15 is 0 Å². The fourth-order valence-electron chi connectivity index (χ4n) is 2.33. The average molecular weight is 271 g/mol. The summed E-state index contributed by atoms with van der Waals surface area (Å²) in [6.45, 7) is 0.903. The second kappa shape index (κ2) is 3.26. The first kappa shape index (κ1) is 9.25. The largest absolute Gasteiger partial charge is 0.359 e. The molecule has 1 atom stereocenters. The summed E-state index contributed by atoms with van der Waals surface area (Å²) < 4.78 is 7.09. The molecule has 0 amide bonds. The molecule has 1 spiro atoms. The molecule has 1 fully saturated rings. The Morgan fingerprint density at radius 2 is 2.36 bits per heavy atom. The third-order valence-electron chi connectivity index (χ3n) is 2.95. The summed E-state index contributed by atoms with van der Waals surface area (Å²) in [4.78, 5) is 0.00995. The SMILES string of the molecule is Brc1ccc2c(c1)CCC21OCCS1. The van der Waals surface area contributed by atoms with E-state index < -0.39 is 0 Å². The lowest BCUT2D eigenvalue weighted by molar-refractivity contribution is 0.0510. The predicted molar refractivity (Wildman–Crippen MR) is 62.6 cm³/mol. The summed E-state index contributed by atoms with van der Waals surface area (Å²) in [7, 11) is 0. The molecule has 1 saturated heterocycles. The minimum absolute atomic E-state index is 0.00995. The van der Waals surface area contributed by atoms with Gasteiger partial charge in [0.2, 0.25) is 0 Å². The molecule has 0 aromatic heterocycles. The summed E-state index contributed by atoms with van der Waals surface area (Å²) in [6, 6.07) is 6.56. The van der Waals surface area contributed by atoms with E-state index in [0.717, 1.165) is 25.2 Å². The Balaban J connectivity index is 2.09. The van der Waals surface area contributed by atoms with Crippen molar-refractivity contribution >= 4 is 27.7 Å². The molecule has 3 rings (SSSR count). The van der Waals surface area contributed by atoms with Crippen molar-refractivity contribution in [2.24, 2.45) is 0 Å². The van der Waals surface area contributed by atoms with Crippen molar-refractivity contribution < 1.29 is 4.74 Å². The van der Waals surface area contributed by atoms with E-state index in [-0.39, 0.29) is 4.93 Å². The van der Waals surface area contributed by atoms with Crippen molar-refractivity contribution in [1.29, 1.82) is 0 Å². The van der Waals surface area contributed by atoms with Crippen LogP contribution < -0.4 is 0 Å². The normalized spacial score (nSPS) is 29.8. The van der Waals surface area contributed by atoms with Crippen molar-refractivity contribution in [2.75, 3.05) is 12.4 Å². The fraction of sp³-hybridized carbons (Fsp3) is 0.455. The van der Waals surface area contributed by atoms with Crippen LogP contribution in [0.4, 0.5) is 0 Å². The quantitative estimate of drug-likeness (QED) is 0.716. The lowest BCUT2D eigenvalue weighted by Crippen LogP contribution is -2.16. The third-order valence-corrected chi connectivity index (χ3v) is 4.83. The number of hydrogen-bond acceptors (Lipinski definition) is 2. The summed E-state index contributed by atoms with van der Waals surface area (Å²) in [5.74, 6) is 1.13. The van der Waals surface area contributed by atoms with Crippen molar-refractivity contribution in [1.82, 2.24) is 0 Å². The van der Waals surface area contributed by atoms with Gasteiger partial charge in [-0.1, -0.05) is 22.0 Å². The maximum Gasteiger partial charge on any atom is 0.139 e. The molecule has 0 bridgehead atoms. The van der Waals surface area contributed by atoms with E-state index in [1.54, 1.807) is 0 Å². The number of halogens is 1. The molecule has 1 aromatic rings. The highest BCUT2D eigenvalue weighted by atomic mass is 79.9. The monoisotopic (exact) mass is 270 g/mol. The Morgan fingerprint density at radius 3 is 3.14 bits per heavy atom. The highest BCUT2D eigenvalue weighted by Gasteiger charge is 2.43. The van der Waals surface area contributed by atoms with Crippen LogP contribution in [0.5, 0.6) is 0 Å². The van der Waals surface area contributed by atoms with E-state index in [1.165, 1.54) is 15.6 Å². The smallest absolute Gasteiger partial charge is 0.139 e. The lowest BCUT2D eigenvalue weighted by atomic mass is 10.1. The molecule has 1 nitrogen and oxygen atoms in total. The van der Waals surface area contributed by atoms with Crippen molar-refractivity contribution in [2.45, 2.75) is 17.8 Å². The highest BCUT2D eigenvalue weighted by Crippen LogP contribution is 2.51. The maximum atomic E-state index is 5.92. The second-order valence-electron chi connectivity index (χ2n) is 3.75. The first-order chi connectivity index (χ1) is 6.80. The van der Waals surface area contributed by atoms with Crippen LogP contribution in [0, 0.1) is 0 Å². The summed E-state index contributed by atoms with van der Waals surface area (Å²) in [6.07, 6.45) is 2.30. The van der Waals surface area contributed by atoms with Crippen LogP contribution in [0.3, 0.4) is 0 Å². The van der Waals surface area contributed by atoms with Gasteiger partial charge in [-0.15, -0.1) is 11.8 Å². The summed E-state index contributed by atoms with van der Waals surface area (Å²) >= 11 is 5.48. The minimum Gasteiger partial charge on any atom is -0.359 e. The van der Waals surface area contributed by atoms with E-state index in [0.29, 0.717) is 0 Å². The Hall–Kier alpha value is 0.01000. The van der Waals surface area contributed by atoms with Gasteiger partial charge in [0.15, 0.2) is 0 Å². The number of fused-ring (bicyclic) bond motifs is 2. The van der Waals surface area contributed by atoms with Crippen LogP contribution in [0.1, 0.15) is 17.5 Å². The molecule has 1 unspecified atom stereocenters. The van der Waals surface area contributed by atoms with Gasteiger partial charge in [0.25, 0.3) is 0 Å². The number of rotatable bonds is 0. The lowest BCUT2D eigenvalue weighted by Gasteiger charge is -2.22. The van der Waals surface area contributed by atoms with Crippen LogP contribution >= 0.6 is 27.7 Å². The first-order valence-corrected chi connectivity index (χ1v) is 6.65. The fourth-order valence-corrected chi connectivity index (χ4v) is 4.00. The van der Waals surface area contributed by atoms with E-state index in [4.69, 9.17) is 4.74 Å². The molecular formula is C11H11BrOS. The highest BCUT2D eigenvalue weighted by molar-refractivity contribution is 9.10. The van der Waals surface area contributed by atoms with Gasteiger partial charge < -0.3 is 4.74 Å². The van der Waals surface area contributed by atoms with Gasteiger partial charge in [-0.3, -0.25) is 0 Å². The zero-order chi connectivity index (χ0) is 9.60. The van der Waals surface area contributed by atoms with Gasteiger partial charge in [-0.05, 0) is 36.1 Å².